The number of allylic oxidation sites excluding steroid dienone is 7. The van der Waals surface area contributed by atoms with E-state index in [2.05, 4.69) is 51.2 Å². The lowest BCUT2D eigenvalue weighted by Gasteiger charge is -2.20. The van der Waals surface area contributed by atoms with E-state index in [0.717, 1.165) is 0 Å². The van der Waals surface area contributed by atoms with Crippen molar-refractivity contribution in [2.45, 2.75) is 60.3 Å². The van der Waals surface area contributed by atoms with E-state index in [1.165, 1.54) is 36.8 Å². The highest BCUT2D eigenvalue weighted by molar-refractivity contribution is 5.34. The fraction of sp³-hybridized carbons (Fsp3) is 0.579. The van der Waals surface area contributed by atoms with Crippen LogP contribution in [0.4, 0.5) is 0 Å². The van der Waals surface area contributed by atoms with Gasteiger partial charge >= 0.3 is 0 Å². The second kappa shape index (κ2) is 10.7. The minimum atomic E-state index is 0.171. The molecular weight excluding hydrogens is 242 g/mol. The van der Waals surface area contributed by atoms with Gasteiger partial charge in [-0.25, -0.2) is 0 Å². The maximum Gasteiger partial charge on any atom is 0.0109 e. The highest BCUT2D eigenvalue weighted by Crippen LogP contribution is 2.27. The molecule has 0 atom stereocenters. The summed E-state index contributed by atoms with van der Waals surface area (Å²) in [5.41, 5.74) is 8.47. The molecule has 0 radical (unpaired) electrons. The largest absolute Gasteiger partial charge is 0.327 e. The molecule has 0 aromatic heterocycles. The van der Waals surface area contributed by atoms with Crippen molar-refractivity contribution in [3.63, 3.8) is 0 Å². The molecule has 2 N–H and O–H groups in total. The highest BCUT2D eigenvalue weighted by atomic mass is 14.5. The first kappa shape index (κ1) is 18.9. The Morgan fingerprint density at radius 3 is 2.45 bits per heavy atom. The van der Waals surface area contributed by atoms with Gasteiger partial charge in [-0.3, -0.25) is 0 Å². The lowest BCUT2D eigenvalue weighted by Crippen LogP contribution is -2.07. The summed E-state index contributed by atoms with van der Waals surface area (Å²) in [7, 11) is 0. The van der Waals surface area contributed by atoms with Gasteiger partial charge < -0.3 is 5.73 Å². The van der Waals surface area contributed by atoms with Crippen molar-refractivity contribution in [2.75, 3.05) is 6.54 Å². The molecule has 20 heavy (non-hydrogen) atoms. The molecule has 1 aliphatic rings. The first-order chi connectivity index (χ1) is 9.54. The number of nitrogens with two attached hydrogens (primary N) is 1. The molecule has 1 aliphatic carbocycles. The van der Waals surface area contributed by atoms with Crippen molar-refractivity contribution < 1.29 is 0 Å². The standard InChI is InChI=1S/C17H27N.C2H6/c1-17(2,3)16(11-7-8-14-18)13-12-15-9-5-4-6-10-15;1-2/h7-9,11-13H,4-6,10,14,18H2,1-3H3;1-2H3/b8-7+,13-12+,16-11-;. The van der Waals surface area contributed by atoms with Crippen LogP contribution in [-0.2, 0) is 0 Å². The maximum absolute atomic E-state index is 5.47. The third-order valence-corrected chi connectivity index (χ3v) is 3.22. The van der Waals surface area contributed by atoms with E-state index in [0.29, 0.717) is 6.54 Å². The number of rotatable bonds is 4. The van der Waals surface area contributed by atoms with Crippen molar-refractivity contribution in [3.05, 3.63) is 47.6 Å². The average molecular weight is 275 g/mol. The zero-order valence-electron chi connectivity index (χ0n) is 14.1. The summed E-state index contributed by atoms with van der Waals surface area (Å²) in [4.78, 5) is 0. The molecule has 1 nitrogen and oxygen atoms in total. The summed E-state index contributed by atoms with van der Waals surface area (Å²) in [6.45, 7) is 11.3. The van der Waals surface area contributed by atoms with Crippen LogP contribution in [0.15, 0.2) is 47.6 Å². The Hall–Kier alpha value is -1.08. The topological polar surface area (TPSA) is 26.0 Å². The van der Waals surface area contributed by atoms with E-state index >= 15 is 0 Å². The quantitative estimate of drug-likeness (QED) is 0.668. The predicted octanol–water partition coefficient (Wildman–Crippen LogP) is 5.56. The molecule has 0 aromatic rings. The Morgan fingerprint density at radius 1 is 1.25 bits per heavy atom. The Kier molecular flexibility index (Phi) is 10.1. The second-order valence-corrected chi connectivity index (χ2v) is 5.89. The fourth-order valence-electron chi connectivity index (χ4n) is 2.02. The van der Waals surface area contributed by atoms with Crippen LogP contribution in [0.3, 0.4) is 0 Å². The Balaban J connectivity index is 0.00000172. The Morgan fingerprint density at radius 2 is 1.95 bits per heavy atom. The van der Waals surface area contributed by atoms with E-state index in [4.69, 9.17) is 5.73 Å². The van der Waals surface area contributed by atoms with Crippen LogP contribution in [0.1, 0.15) is 60.3 Å². The van der Waals surface area contributed by atoms with Gasteiger partial charge in [0.15, 0.2) is 0 Å². The SMILES string of the molecule is CC.CC(C)(C)C(=C\C=C\CN)/C=C/C1=CCCCC1. The van der Waals surface area contributed by atoms with Gasteiger partial charge in [0.1, 0.15) is 0 Å². The number of hydrogen-bond donors (Lipinski definition) is 1. The minimum Gasteiger partial charge on any atom is -0.327 e. The third-order valence-electron chi connectivity index (χ3n) is 3.22. The van der Waals surface area contributed by atoms with E-state index in [-0.39, 0.29) is 5.41 Å². The van der Waals surface area contributed by atoms with Crippen LogP contribution in [0.5, 0.6) is 0 Å². The van der Waals surface area contributed by atoms with Gasteiger partial charge in [-0.05, 0) is 36.7 Å². The molecule has 1 heteroatoms. The van der Waals surface area contributed by atoms with Crippen molar-refractivity contribution in [1.29, 1.82) is 0 Å². The van der Waals surface area contributed by atoms with Gasteiger partial charge in [-0.2, -0.15) is 0 Å². The smallest absolute Gasteiger partial charge is 0.0109 e. The van der Waals surface area contributed by atoms with E-state index in [1.54, 1.807) is 0 Å². The molecule has 0 fully saturated rings. The van der Waals surface area contributed by atoms with Gasteiger partial charge in [-0.15, -0.1) is 0 Å². The van der Waals surface area contributed by atoms with Crippen molar-refractivity contribution in [3.8, 4) is 0 Å². The monoisotopic (exact) mass is 275 g/mol. The summed E-state index contributed by atoms with van der Waals surface area (Å²) >= 11 is 0. The zero-order valence-corrected chi connectivity index (χ0v) is 14.1. The maximum atomic E-state index is 5.47. The summed E-state index contributed by atoms with van der Waals surface area (Å²) < 4.78 is 0. The molecule has 0 bridgehead atoms. The number of hydrogen-bond acceptors (Lipinski definition) is 1. The Bertz CT molecular complexity index is 362. The third kappa shape index (κ3) is 8.16. The van der Waals surface area contributed by atoms with Gasteiger partial charge in [0.2, 0.25) is 0 Å². The molecular formula is C19H33N. The molecule has 0 saturated carbocycles. The molecule has 1 rings (SSSR count). The lowest BCUT2D eigenvalue weighted by atomic mass is 9.85. The molecule has 0 unspecified atom stereocenters. The lowest BCUT2D eigenvalue weighted by molar-refractivity contribution is 0.517. The molecule has 0 aromatic carbocycles. The molecule has 0 spiro atoms. The Labute approximate surface area is 126 Å². The van der Waals surface area contributed by atoms with Gasteiger partial charge in [0, 0.05) is 6.54 Å². The van der Waals surface area contributed by atoms with Crippen LogP contribution < -0.4 is 5.73 Å². The van der Waals surface area contributed by atoms with Gasteiger partial charge in [0.05, 0.1) is 0 Å². The summed E-state index contributed by atoms with van der Waals surface area (Å²) in [6, 6.07) is 0. The molecule has 0 aliphatic heterocycles. The van der Waals surface area contributed by atoms with Gasteiger partial charge in [-0.1, -0.05) is 76.6 Å². The first-order valence-electron chi connectivity index (χ1n) is 7.98. The van der Waals surface area contributed by atoms with Gasteiger partial charge in [0.25, 0.3) is 0 Å². The van der Waals surface area contributed by atoms with Crippen LogP contribution in [0.2, 0.25) is 0 Å². The molecule has 0 amide bonds. The minimum absolute atomic E-state index is 0.171. The fourth-order valence-corrected chi connectivity index (χ4v) is 2.02. The summed E-state index contributed by atoms with van der Waals surface area (Å²) in [5.74, 6) is 0. The second-order valence-electron chi connectivity index (χ2n) is 5.89. The highest BCUT2D eigenvalue weighted by Gasteiger charge is 2.13. The van der Waals surface area contributed by atoms with E-state index in [1.807, 2.05) is 19.9 Å². The van der Waals surface area contributed by atoms with Crippen molar-refractivity contribution in [1.82, 2.24) is 0 Å². The normalized spacial score (nSPS) is 17.1. The van der Waals surface area contributed by atoms with Crippen LogP contribution in [-0.4, -0.2) is 6.54 Å². The van der Waals surface area contributed by atoms with Crippen LogP contribution >= 0.6 is 0 Å². The van der Waals surface area contributed by atoms with Crippen molar-refractivity contribution >= 4 is 0 Å². The van der Waals surface area contributed by atoms with Crippen LogP contribution in [0, 0.1) is 5.41 Å². The van der Waals surface area contributed by atoms with E-state index < -0.39 is 0 Å². The van der Waals surface area contributed by atoms with Crippen molar-refractivity contribution in [2.24, 2.45) is 11.1 Å². The summed E-state index contributed by atoms with van der Waals surface area (Å²) in [5, 5.41) is 0. The van der Waals surface area contributed by atoms with E-state index in [9.17, 15) is 0 Å². The summed E-state index contributed by atoms with van der Waals surface area (Å²) in [6.07, 6.45) is 18.3. The molecule has 0 heterocycles. The van der Waals surface area contributed by atoms with Crippen LogP contribution in [0.25, 0.3) is 0 Å². The average Bonchev–Trinajstić information content (AvgIpc) is 2.44. The molecule has 0 saturated heterocycles. The first-order valence-corrected chi connectivity index (χ1v) is 7.98. The zero-order chi connectivity index (χ0) is 15.4. The molecule has 114 valence electrons. The predicted molar refractivity (Wildman–Crippen MR) is 92.8 cm³/mol.